The Bertz CT molecular complexity index is 342. The molecular formula is C13H17NO. The zero-order valence-corrected chi connectivity index (χ0v) is 9.15. The van der Waals surface area contributed by atoms with Crippen LogP contribution in [0.3, 0.4) is 0 Å². The van der Waals surface area contributed by atoms with E-state index in [0.717, 1.165) is 24.5 Å². The van der Waals surface area contributed by atoms with Gasteiger partial charge in [-0.3, -0.25) is 0 Å². The predicted molar refractivity (Wildman–Crippen MR) is 62.1 cm³/mol. The minimum Gasteiger partial charge on any atom is -0.396 e. The van der Waals surface area contributed by atoms with Crippen LogP contribution in [0.2, 0.25) is 0 Å². The minimum atomic E-state index is 0.768. The number of rotatable bonds is 5. The third-order valence-corrected chi connectivity index (χ3v) is 2.64. The van der Waals surface area contributed by atoms with Crippen LogP contribution >= 0.6 is 0 Å². The summed E-state index contributed by atoms with van der Waals surface area (Å²) in [7, 11) is 0. The van der Waals surface area contributed by atoms with Crippen molar-refractivity contribution in [2.45, 2.75) is 26.2 Å². The summed E-state index contributed by atoms with van der Waals surface area (Å²) < 4.78 is 0. The fourth-order valence-corrected chi connectivity index (χ4v) is 1.42. The molecule has 0 radical (unpaired) electrons. The maximum Gasteiger partial charge on any atom is 0.120 e. The summed E-state index contributed by atoms with van der Waals surface area (Å²) in [6, 6.07) is 8.37. The van der Waals surface area contributed by atoms with Crippen LogP contribution < -0.4 is 0 Å². The first kappa shape index (κ1) is 10.2. The lowest BCUT2D eigenvalue weighted by Crippen LogP contribution is -1.91. The average Bonchev–Trinajstić information content (AvgIpc) is 3.09. The van der Waals surface area contributed by atoms with Crippen LogP contribution in [0.15, 0.2) is 29.4 Å². The van der Waals surface area contributed by atoms with Gasteiger partial charge in [0, 0.05) is 0 Å². The number of benzene rings is 1. The van der Waals surface area contributed by atoms with Gasteiger partial charge in [0.2, 0.25) is 0 Å². The van der Waals surface area contributed by atoms with Crippen molar-refractivity contribution in [2.75, 3.05) is 6.61 Å². The van der Waals surface area contributed by atoms with Gasteiger partial charge < -0.3 is 4.84 Å². The molecule has 2 nitrogen and oxygen atoms in total. The normalized spacial score (nSPS) is 15.8. The molecule has 2 heteroatoms. The Morgan fingerprint density at radius 1 is 1.47 bits per heavy atom. The molecular weight excluding hydrogens is 186 g/mol. The lowest BCUT2D eigenvalue weighted by Gasteiger charge is -1.98. The molecule has 1 aromatic rings. The van der Waals surface area contributed by atoms with Gasteiger partial charge in [-0.25, -0.2) is 0 Å². The summed E-state index contributed by atoms with van der Waals surface area (Å²) >= 11 is 0. The number of oxime groups is 1. The van der Waals surface area contributed by atoms with Gasteiger partial charge in [-0.05, 0) is 36.3 Å². The molecule has 0 saturated heterocycles. The first-order chi connectivity index (χ1) is 7.38. The van der Waals surface area contributed by atoms with E-state index in [1.165, 1.54) is 18.4 Å². The van der Waals surface area contributed by atoms with Crippen LogP contribution in [-0.2, 0) is 11.3 Å². The number of hydrogen-bond donors (Lipinski definition) is 0. The third-order valence-electron chi connectivity index (χ3n) is 2.64. The molecule has 0 amide bonds. The number of hydrogen-bond acceptors (Lipinski definition) is 2. The van der Waals surface area contributed by atoms with E-state index in [1.54, 1.807) is 6.21 Å². The van der Waals surface area contributed by atoms with E-state index in [9.17, 15) is 0 Å². The predicted octanol–water partition coefficient (Wildman–Crippen LogP) is 3.01. The Morgan fingerprint density at radius 2 is 2.33 bits per heavy atom. The van der Waals surface area contributed by atoms with Crippen molar-refractivity contribution in [1.82, 2.24) is 0 Å². The number of nitrogens with zero attached hydrogens (tertiary/aromatic N) is 1. The van der Waals surface area contributed by atoms with E-state index in [4.69, 9.17) is 4.84 Å². The Morgan fingerprint density at radius 3 is 3.07 bits per heavy atom. The van der Waals surface area contributed by atoms with Gasteiger partial charge in [0.15, 0.2) is 0 Å². The second-order valence-electron chi connectivity index (χ2n) is 4.07. The molecule has 1 aromatic carbocycles. The summed E-state index contributed by atoms with van der Waals surface area (Å²) in [5.74, 6) is 0.768. The summed E-state index contributed by atoms with van der Waals surface area (Å²) in [6.07, 6.45) is 5.47. The fraction of sp³-hybridized carbons (Fsp3) is 0.462. The highest BCUT2D eigenvalue weighted by molar-refractivity contribution is 5.79. The zero-order chi connectivity index (χ0) is 10.5. The van der Waals surface area contributed by atoms with Crippen molar-refractivity contribution in [3.8, 4) is 0 Å². The average molecular weight is 203 g/mol. The molecule has 2 rings (SSSR count). The van der Waals surface area contributed by atoms with E-state index in [1.807, 2.05) is 6.07 Å². The first-order valence-corrected chi connectivity index (χ1v) is 5.62. The Hall–Kier alpha value is -1.31. The van der Waals surface area contributed by atoms with Gasteiger partial charge in [0.05, 0.1) is 6.21 Å². The highest BCUT2D eigenvalue weighted by Gasteiger charge is 2.21. The molecule has 1 fully saturated rings. The Labute approximate surface area is 90.9 Å². The van der Waals surface area contributed by atoms with Crippen LogP contribution in [0.25, 0.3) is 0 Å². The summed E-state index contributed by atoms with van der Waals surface area (Å²) in [5, 5.41) is 3.97. The topological polar surface area (TPSA) is 21.6 Å². The second kappa shape index (κ2) is 4.96. The van der Waals surface area contributed by atoms with Crippen molar-refractivity contribution in [3.05, 3.63) is 35.4 Å². The third kappa shape index (κ3) is 3.39. The van der Waals surface area contributed by atoms with Crippen molar-refractivity contribution in [3.63, 3.8) is 0 Å². The molecule has 1 saturated carbocycles. The highest BCUT2D eigenvalue weighted by Crippen LogP contribution is 2.28. The standard InChI is InChI=1S/C13H17NO/c1-2-11-4-3-5-13(8-11)9-14-15-10-12-6-7-12/h3-5,8-9,12H,2,6-7,10H2,1H3/b14-9+. The highest BCUT2D eigenvalue weighted by atomic mass is 16.6. The summed E-state index contributed by atoms with van der Waals surface area (Å²) in [5.41, 5.74) is 2.45. The van der Waals surface area contributed by atoms with Crippen LogP contribution in [0.4, 0.5) is 0 Å². The van der Waals surface area contributed by atoms with Gasteiger partial charge >= 0.3 is 0 Å². The molecule has 0 heterocycles. The van der Waals surface area contributed by atoms with E-state index in [2.05, 4.69) is 30.3 Å². The molecule has 0 aliphatic heterocycles. The second-order valence-corrected chi connectivity index (χ2v) is 4.07. The van der Waals surface area contributed by atoms with E-state index >= 15 is 0 Å². The van der Waals surface area contributed by atoms with Gasteiger partial charge in [-0.1, -0.05) is 36.3 Å². The van der Waals surface area contributed by atoms with Crippen LogP contribution in [-0.4, -0.2) is 12.8 Å². The van der Waals surface area contributed by atoms with Crippen LogP contribution in [0.1, 0.15) is 30.9 Å². The van der Waals surface area contributed by atoms with Gasteiger partial charge in [0.25, 0.3) is 0 Å². The largest absolute Gasteiger partial charge is 0.396 e. The lowest BCUT2D eigenvalue weighted by molar-refractivity contribution is 0.135. The molecule has 0 atom stereocenters. The Kier molecular flexibility index (Phi) is 3.38. The van der Waals surface area contributed by atoms with Crippen molar-refractivity contribution in [2.24, 2.45) is 11.1 Å². The van der Waals surface area contributed by atoms with E-state index < -0.39 is 0 Å². The molecule has 0 bridgehead atoms. The van der Waals surface area contributed by atoms with Crippen molar-refractivity contribution in [1.29, 1.82) is 0 Å². The number of aryl methyl sites for hydroxylation is 1. The van der Waals surface area contributed by atoms with Crippen molar-refractivity contribution >= 4 is 6.21 Å². The molecule has 80 valence electrons. The molecule has 0 spiro atoms. The Balaban J connectivity index is 1.84. The smallest absolute Gasteiger partial charge is 0.120 e. The van der Waals surface area contributed by atoms with Crippen LogP contribution in [0, 0.1) is 5.92 Å². The maximum absolute atomic E-state index is 5.20. The monoisotopic (exact) mass is 203 g/mol. The minimum absolute atomic E-state index is 0.768. The van der Waals surface area contributed by atoms with Crippen LogP contribution in [0.5, 0.6) is 0 Å². The molecule has 1 aliphatic rings. The summed E-state index contributed by atoms with van der Waals surface area (Å²) in [6.45, 7) is 2.93. The molecule has 0 unspecified atom stereocenters. The van der Waals surface area contributed by atoms with Crippen molar-refractivity contribution < 1.29 is 4.84 Å². The first-order valence-electron chi connectivity index (χ1n) is 5.62. The quantitative estimate of drug-likeness (QED) is 0.532. The maximum atomic E-state index is 5.20. The lowest BCUT2D eigenvalue weighted by atomic mass is 10.1. The van der Waals surface area contributed by atoms with Gasteiger partial charge in [-0.2, -0.15) is 0 Å². The molecule has 0 N–H and O–H groups in total. The van der Waals surface area contributed by atoms with E-state index in [-0.39, 0.29) is 0 Å². The van der Waals surface area contributed by atoms with Gasteiger partial charge in [0.1, 0.15) is 6.61 Å². The summed E-state index contributed by atoms with van der Waals surface area (Å²) in [4.78, 5) is 5.20. The fourth-order valence-electron chi connectivity index (χ4n) is 1.42. The van der Waals surface area contributed by atoms with Gasteiger partial charge in [-0.15, -0.1) is 0 Å². The molecule has 15 heavy (non-hydrogen) atoms. The van der Waals surface area contributed by atoms with E-state index in [0.29, 0.717) is 0 Å². The molecule has 1 aliphatic carbocycles. The SMILES string of the molecule is CCc1cccc(/C=N/OCC2CC2)c1. The zero-order valence-electron chi connectivity index (χ0n) is 9.15. The molecule has 0 aromatic heterocycles.